The number of nitriles is 1. The Bertz CT molecular complexity index is 401. The van der Waals surface area contributed by atoms with E-state index in [2.05, 4.69) is 6.58 Å². The van der Waals surface area contributed by atoms with E-state index in [9.17, 15) is 5.11 Å². The normalized spacial score (nSPS) is 11.9. The van der Waals surface area contributed by atoms with Gasteiger partial charge in [0.2, 0.25) is 0 Å². The van der Waals surface area contributed by atoms with E-state index < -0.39 is 6.10 Å². The molecule has 2 nitrogen and oxygen atoms in total. The third-order valence-corrected chi connectivity index (χ3v) is 2.32. The highest BCUT2D eigenvalue weighted by Crippen LogP contribution is 2.21. The summed E-state index contributed by atoms with van der Waals surface area (Å²) in [6.07, 6.45) is -0.876. The molecule has 0 aliphatic carbocycles. The van der Waals surface area contributed by atoms with E-state index in [0.717, 1.165) is 11.1 Å². The van der Waals surface area contributed by atoms with Gasteiger partial charge in [-0.1, -0.05) is 24.8 Å². The zero-order chi connectivity index (χ0) is 10.7. The summed E-state index contributed by atoms with van der Waals surface area (Å²) in [6, 6.07) is 7.47. The Hall–Kier alpha value is -1.59. The van der Waals surface area contributed by atoms with E-state index in [1.165, 1.54) is 5.56 Å². The van der Waals surface area contributed by atoms with Crippen LogP contribution in [0.5, 0.6) is 0 Å². The Labute approximate surface area is 84.1 Å². The maximum absolute atomic E-state index is 9.68. The summed E-state index contributed by atoms with van der Waals surface area (Å²) in [5.41, 5.74) is 3.17. The minimum atomic E-state index is -0.876. The molecule has 1 rings (SSSR count). The fraction of sp³-hybridized carbons (Fsp3) is 0.250. The Morgan fingerprint density at radius 1 is 1.43 bits per heavy atom. The topological polar surface area (TPSA) is 44.0 Å². The van der Waals surface area contributed by atoms with Crippen molar-refractivity contribution in [2.45, 2.75) is 20.0 Å². The van der Waals surface area contributed by atoms with E-state index in [1.807, 2.05) is 38.1 Å². The molecule has 1 unspecified atom stereocenters. The number of nitrogens with zero attached hydrogens (tertiary/aromatic N) is 1. The standard InChI is InChI=1S/C12H13NO/c1-8-4-5-11(6-9(8)2)12(14)10(3)7-13/h4-6,12,14H,3H2,1-2H3. The molecule has 1 aromatic carbocycles. The van der Waals surface area contributed by atoms with Gasteiger partial charge in [-0.05, 0) is 30.5 Å². The first kappa shape index (κ1) is 10.5. The average molecular weight is 187 g/mol. The van der Waals surface area contributed by atoms with Crippen LogP contribution in [0.3, 0.4) is 0 Å². The molecule has 1 atom stereocenters. The Morgan fingerprint density at radius 3 is 2.57 bits per heavy atom. The van der Waals surface area contributed by atoms with Gasteiger partial charge in [0.15, 0.2) is 0 Å². The number of hydrogen-bond donors (Lipinski definition) is 1. The molecule has 0 aromatic heterocycles. The van der Waals surface area contributed by atoms with Crippen molar-refractivity contribution in [3.63, 3.8) is 0 Å². The summed E-state index contributed by atoms with van der Waals surface area (Å²) in [7, 11) is 0. The summed E-state index contributed by atoms with van der Waals surface area (Å²) in [5, 5.41) is 18.3. The highest BCUT2D eigenvalue weighted by Gasteiger charge is 2.11. The van der Waals surface area contributed by atoms with Crippen LogP contribution < -0.4 is 0 Å². The minimum Gasteiger partial charge on any atom is -0.383 e. The van der Waals surface area contributed by atoms with Gasteiger partial charge in [0.25, 0.3) is 0 Å². The van der Waals surface area contributed by atoms with Gasteiger partial charge in [0, 0.05) is 0 Å². The van der Waals surface area contributed by atoms with E-state index in [4.69, 9.17) is 5.26 Å². The molecule has 72 valence electrons. The highest BCUT2D eigenvalue weighted by molar-refractivity contribution is 5.36. The largest absolute Gasteiger partial charge is 0.383 e. The van der Waals surface area contributed by atoms with Gasteiger partial charge < -0.3 is 5.11 Å². The van der Waals surface area contributed by atoms with Crippen LogP contribution in [-0.2, 0) is 0 Å². The predicted molar refractivity (Wildman–Crippen MR) is 55.6 cm³/mol. The van der Waals surface area contributed by atoms with E-state index in [1.54, 1.807) is 0 Å². The minimum absolute atomic E-state index is 0.174. The quantitative estimate of drug-likeness (QED) is 0.722. The average Bonchev–Trinajstić information content (AvgIpc) is 2.20. The van der Waals surface area contributed by atoms with E-state index >= 15 is 0 Å². The van der Waals surface area contributed by atoms with Crippen LogP contribution in [0.1, 0.15) is 22.8 Å². The molecular formula is C12H13NO. The molecule has 1 aromatic rings. The van der Waals surface area contributed by atoms with Gasteiger partial charge in [-0.3, -0.25) is 0 Å². The van der Waals surface area contributed by atoms with Crippen molar-refractivity contribution in [3.8, 4) is 6.07 Å². The Balaban J connectivity index is 3.04. The Morgan fingerprint density at radius 2 is 2.07 bits per heavy atom. The van der Waals surface area contributed by atoms with Crippen molar-refractivity contribution in [2.75, 3.05) is 0 Å². The first-order valence-electron chi connectivity index (χ1n) is 4.40. The lowest BCUT2D eigenvalue weighted by Gasteiger charge is -2.10. The molecule has 0 heterocycles. The number of aryl methyl sites for hydroxylation is 2. The van der Waals surface area contributed by atoms with Crippen molar-refractivity contribution < 1.29 is 5.11 Å². The van der Waals surface area contributed by atoms with Crippen LogP contribution in [0.4, 0.5) is 0 Å². The molecule has 0 aliphatic heterocycles. The molecule has 0 bridgehead atoms. The van der Waals surface area contributed by atoms with Gasteiger partial charge in [0.1, 0.15) is 6.10 Å². The lowest BCUT2D eigenvalue weighted by molar-refractivity contribution is 0.221. The fourth-order valence-corrected chi connectivity index (χ4v) is 1.20. The molecule has 0 amide bonds. The van der Waals surface area contributed by atoms with Crippen molar-refractivity contribution in [1.29, 1.82) is 5.26 Å². The summed E-state index contributed by atoms with van der Waals surface area (Å²) in [5.74, 6) is 0. The molecule has 0 fully saturated rings. The van der Waals surface area contributed by atoms with Crippen LogP contribution in [0.2, 0.25) is 0 Å². The molecule has 14 heavy (non-hydrogen) atoms. The van der Waals surface area contributed by atoms with Gasteiger partial charge >= 0.3 is 0 Å². The third-order valence-electron chi connectivity index (χ3n) is 2.32. The van der Waals surface area contributed by atoms with Gasteiger partial charge in [0.05, 0.1) is 11.6 Å². The first-order chi connectivity index (χ1) is 6.56. The predicted octanol–water partition coefficient (Wildman–Crippen LogP) is 2.42. The molecule has 2 heteroatoms. The zero-order valence-corrected chi connectivity index (χ0v) is 8.41. The Kier molecular flexibility index (Phi) is 3.06. The fourth-order valence-electron chi connectivity index (χ4n) is 1.20. The summed E-state index contributed by atoms with van der Waals surface area (Å²) in [4.78, 5) is 0. The van der Waals surface area contributed by atoms with Crippen LogP contribution in [0.15, 0.2) is 30.4 Å². The molecule has 0 spiro atoms. The van der Waals surface area contributed by atoms with Gasteiger partial charge in [-0.2, -0.15) is 5.26 Å². The van der Waals surface area contributed by atoms with Crippen molar-refractivity contribution in [1.82, 2.24) is 0 Å². The molecule has 0 aliphatic rings. The summed E-state index contributed by atoms with van der Waals surface area (Å²) < 4.78 is 0. The van der Waals surface area contributed by atoms with Crippen LogP contribution in [0, 0.1) is 25.2 Å². The smallest absolute Gasteiger partial charge is 0.113 e. The maximum Gasteiger partial charge on any atom is 0.113 e. The number of aliphatic hydroxyl groups is 1. The maximum atomic E-state index is 9.68. The second-order valence-electron chi connectivity index (χ2n) is 3.38. The van der Waals surface area contributed by atoms with Crippen molar-refractivity contribution in [2.24, 2.45) is 0 Å². The SMILES string of the molecule is C=C(C#N)C(O)c1ccc(C)c(C)c1. The highest BCUT2D eigenvalue weighted by atomic mass is 16.3. The van der Waals surface area contributed by atoms with Crippen molar-refractivity contribution in [3.05, 3.63) is 47.0 Å². The van der Waals surface area contributed by atoms with E-state index in [-0.39, 0.29) is 5.57 Å². The summed E-state index contributed by atoms with van der Waals surface area (Å²) >= 11 is 0. The van der Waals surface area contributed by atoms with Gasteiger partial charge in [-0.25, -0.2) is 0 Å². The lowest BCUT2D eigenvalue weighted by Crippen LogP contribution is -1.99. The van der Waals surface area contributed by atoms with Crippen LogP contribution in [-0.4, -0.2) is 5.11 Å². The molecule has 0 saturated heterocycles. The molecule has 0 saturated carbocycles. The monoisotopic (exact) mass is 187 g/mol. The number of aliphatic hydroxyl groups excluding tert-OH is 1. The number of rotatable bonds is 2. The molecular weight excluding hydrogens is 174 g/mol. The second-order valence-corrected chi connectivity index (χ2v) is 3.38. The number of hydrogen-bond acceptors (Lipinski definition) is 2. The number of benzene rings is 1. The van der Waals surface area contributed by atoms with Crippen LogP contribution in [0.25, 0.3) is 0 Å². The van der Waals surface area contributed by atoms with E-state index in [0.29, 0.717) is 0 Å². The first-order valence-corrected chi connectivity index (χ1v) is 4.40. The van der Waals surface area contributed by atoms with Crippen molar-refractivity contribution >= 4 is 0 Å². The summed E-state index contributed by atoms with van der Waals surface area (Å²) in [6.45, 7) is 7.47. The van der Waals surface area contributed by atoms with Crippen LogP contribution >= 0.6 is 0 Å². The zero-order valence-electron chi connectivity index (χ0n) is 8.41. The molecule has 1 N–H and O–H groups in total. The lowest BCUT2D eigenvalue weighted by atomic mass is 9.99. The van der Waals surface area contributed by atoms with Gasteiger partial charge in [-0.15, -0.1) is 0 Å². The third kappa shape index (κ3) is 2.01. The second kappa shape index (κ2) is 4.08. The molecule has 0 radical (unpaired) electrons.